The Kier molecular flexibility index (Phi) is 2.94. The van der Waals surface area contributed by atoms with Crippen LogP contribution in [0.2, 0.25) is 0 Å². The Morgan fingerprint density at radius 3 is 2.46 bits per heavy atom. The lowest BCUT2D eigenvalue weighted by atomic mass is 10.1. The third-order valence-electron chi connectivity index (χ3n) is 2.57. The van der Waals surface area contributed by atoms with Crippen molar-refractivity contribution in [3.8, 4) is 0 Å². The van der Waals surface area contributed by atoms with Gasteiger partial charge in [-0.1, -0.05) is 30.3 Å². The summed E-state index contributed by atoms with van der Waals surface area (Å²) in [5.74, 6) is 0.0416. The van der Waals surface area contributed by atoms with E-state index in [1.807, 2.05) is 30.3 Å². The number of hydrogen-bond acceptors (Lipinski definition) is 1. The van der Waals surface area contributed by atoms with Crippen molar-refractivity contribution in [3.05, 3.63) is 35.9 Å². The number of rotatable bonds is 2. The number of benzene rings is 1. The summed E-state index contributed by atoms with van der Waals surface area (Å²) in [4.78, 5) is 0. The van der Waals surface area contributed by atoms with Gasteiger partial charge >= 0.3 is 0 Å². The summed E-state index contributed by atoms with van der Waals surface area (Å²) in [6.07, 6.45) is 0.591. The monoisotopic (exact) mass is 201 g/mol. The third-order valence-corrected chi connectivity index (χ3v) is 2.57. The third kappa shape index (κ3) is 1.69. The molecule has 0 saturated heterocycles. The maximum absolute atomic E-state index is 13.8. The van der Waals surface area contributed by atoms with Crippen LogP contribution in [0.3, 0.4) is 0 Å². The molecular weight excluding hydrogens is 189 g/mol. The molecule has 2 rings (SSSR count). The van der Waals surface area contributed by atoms with E-state index in [4.69, 9.17) is 5.73 Å². The minimum absolute atomic E-state index is 0. The second-order valence-corrected chi connectivity index (χ2v) is 3.37. The summed E-state index contributed by atoms with van der Waals surface area (Å²) in [6.45, 7) is 0.450. The zero-order valence-corrected chi connectivity index (χ0v) is 8.06. The van der Waals surface area contributed by atoms with Crippen LogP contribution in [0.1, 0.15) is 12.0 Å². The minimum atomic E-state index is -1.12. The Hall–Kier alpha value is -0.600. The first-order valence-corrected chi connectivity index (χ1v) is 4.22. The van der Waals surface area contributed by atoms with Gasteiger partial charge in [-0.25, -0.2) is 4.39 Å². The van der Waals surface area contributed by atoms with Crippen LogP contribution in [0, 0.1) is 5.92 Å². The zero-order valence-electron chi connectivity index (χ0n) is 7.24. The molecule has 13 heavy (non-hydrogen) atoms. The van der Waals surface area contributed by atoms with Crippen LogP contribution < -0.4 is 5.73 Å². The van der Waals surface area contributed by atoms with Crippen LogP contribution in [0.5, 0.6) is 0 Å². The maximum atomic E-state index is 13.8. The topological polar surface area (TPSA) is 26.0 Å². The van der Waals surface area contributed by atoms with E-state index in [2.05, 4.69) is 0 Å². The van der Waals surface area contributed by atoms with Crippen molar-refractivity contribution >= 4 is 12.4 Å². The highest BCUT2D eigenvalue weighted by Gasteiger charge is 2.55. The van der Waals surface area contributed by atoms with Gasteiger partial charge in [0.15, 0.2) is 0 Å². The molecule has 0 bridgehead atoms. The van der Waals surface area contributed by atoms with Gasteiger partial charge in [0.1, 0.15) is 5.67 Å². The Balaban J connectivity index is 0.000000845. The molecule has 2 N–H and O–H groups in total. The Labute approximate surface area is 83.5 Å². The zero-order chi connectivity index (χ0) is 8.60. The molecule has 1 aliphatic carbocycles. The fourth-order valence-electron chi connectivity index (χ4n) is 1.64. The van der Waals surface area contributed by atoms with Crippen molar-refractivity contribution in [1.29, 1.82) is 0 Å². The van der Waals surface area contributed by atoms with E-state index in [1.165, 1.54) is 0 Å². The van der Waals surface area contributed by atoms with Crippen LogP contribution in [0.4, 0.5) is 4.39 Å². The van der Waals surface area contributed by atoms with E-state index in [1.54, 1.807) is 0 Å². The van der Waals surface area contributed by atoms with Gasteiger partial charge in [0.2, 0.25) is 0 Å². The Bertz CT molecular complexity index is 278. The molecule has 72 valence electrons. The lowest BCUT2D eigenvalue weighted by Crippen LogP contribution is -2.10. The van der Waals surface area contributed by atoms with E-state index in [-0.39, 0.29) is 18.3 Å². The maximum Gasteiger partial charge on any atom is 0.140 e. The van der Waals surface area contributed by atoms with E-state index >= 15 is 0 Å². The van der Waals surface area contributed by atoms with Crippen LogP contribution in [-0.2, 0) is 5.67 Å². The molecule has 1 aliphatic rings. The van der Waals surface area contributed by atoms with Crippen LogP contribution in [-0.4, -0.2) is 6.54 Å². The molecule has 0 amide bonds. The Morgan fingerprint density at radius 1 is 1.38 bits per heavy atom. The predicted octanol–water partition coefficient (Wildman–Crippen LogP) is 2.25. The summed E-state index contributed by atoms with van der Waals surface area (Å²) in [5, 5.41) is 0. The second-order valence-electron chi connectivity index (χ2n) is 3.37. The Morgan fingerprint density at radius 2 is 2.00 bits per heavy atom. The van der Waals surface area contributed by atoms with Crippen molar-refractivity contribution < 1.29 is 4.39 Å². The van der Waals surface area contributed by atoms with Crippen molar-refractivity contribution in [2.45, 2.75) is 12.1 Å². The fraction of sp³-hybridized carbons (Fsp3) is 0.400. The SMILES string of the molecule is Cl.NC[C@@H]1C[C@@]1(F)c1ccccc1. The lowest BCUT2D eigenvalue weighted by molar-refractivity contribution is 0.288. The fourth-order valence-corrected chi connectivity index (χ4v) is 1.64. The molecule has 0 aromatic heterocycles. The molecule has 0 heterocycles. The van der Waals surface area contributed by atoms with Gasteiger partial charge in [0, 0.05) is 5.92 Å². The molecule has 1 aromatic rings. The molecular formula is C10H13ClFN. The van der Waals surface area contributed by atoms with Crippen LogP contribution >= 0.6 is 12.4 Å². The normalized spacial score (nSPS) is 30.8. The number of nitrogens with two attached hydrogens (primary N) is 1. The van der Waals surface area contributed by atoms with Crippen LogP contribution in [0.15, 0.2) is 30.3 Å². The molecule has 0 spiro atoms. The largest absolute Gasteiger partial charge is 0.330 e. The van der Waals surface area contributed by atoms with Gasteiger partial charge in [0.25, 0.3) is 0 Å². The molecule has 1 saturated carbocycles. The minimum Gasteiger partial charge on any atom is -0.330 e. The van der Waals surface area contributed by atoms with Crippen molar-refractivity contribution in [1.82, 2.24) is 0 Å². The number of alkyl halides is 1. The van der Waals surface area contributed by atoms with Crippen LogP contribution in [0.25, 0.3) is 0 Å². The first kappa shape index (κ1) is 10.5. The molecule has 0 radical (unpaired) electrons. The smallest absolute Gasteiger partial charge is 0.140 e. The van der Waals surface area contributed by atoms with Gasteiger partial charge in [-0.15, -0.1) is 12.4 Å². The van der Waals surface area contributed by atoms with Gasteiger partial charge in [0.05, 0.1) is 0 Å². The van der Waals surface area contributed by atoms with E-state index < -0.39 is 5.67 Å². The summed E-state index contributed by atoms with van der Waals surface area (Å²) >= 11 is 0. The highest BCUT2D eigenvalue weighted by molar-refractivity contribution is 5.85. The predicted molar refractivity (Wildman–Crippen MR) is 53.6 cm³/mol. The van der Waals surface area contributed by atoms with Gasteiger partial charge < -0.3 is 5.73 Å². The molecule has 1 nitrogen and oxygen atoms in total. The van der Waals surface area contributed by atoms with Crippen molar-refractivity contribution in [2.24, 2.45) is 11.7 Å². The lowest BCUT2D eigenvalue weighted by Gasteiger charge is -2.05. The second kappa shape index (κ2) is 3.64. The average molecular weight is 202 g/mol. The van der Waals surface area contributed by atoms with E-state index in [0.29, 0.717) is 13.0 Å². The molecule has 1 fully saturated rings. The van der Waals surface area contributed by atoms with Crippen molar-refractivity contribution in [3.63, 3.8) is 0 Å². The summed E-state index contributed by atoms with van der Waals surface area (Å²) in [5.41, 5.74) is 5.07. The van der Waals surface area contributed by atoms with E-state index in [0.717, 1.165) is 5.56 Å². The first-order valence-electron chi connectivity index (χ1n) is 4.22. The van der Waals surface area contributed by atoms with Gasteiger partial charge in [-0.3, -0.25) is 0 Å². The first-order chi connectivity index (χ1) is 5.77. The molecule has 1 aromatic carbocycles. The highest BCUT2D eigenvalue weighted by atomic mass is 35.5. The van der Waals surface area contributed by atoms with Gasteiger partial charge in [-0.2, -0.15) is 0 Å². The standard InChI is InChI=1S/C10H12FN.ClH/c11-10(6-9(10)7-12)8-4-2-1-3-5-8;/h1-5,9H,6-7,12H2;1H/t9-,10+;/m0./s1. The molecule has 3 heteroatoms. The summed E-state index contributed by atoms with van der Waals surface area (Å²) < 4.78 is 13.8. The molecule has 0 unspecified atom stereocenters. The summed E-state index contributed by atoms with van der Waals surface area (Å²) in [7, 11) is 0. The molecule has 2 atom stereocenters. The van der Waals surface area contributed by atoms with Gasteiger partial charge in [-0.05, 0) is 18.5 Å². The highest BCUT2D eigenvalue weighted by Crippen LogP contribution is 2.54. The molecule has 0 aliphatic heterocycles. The average Bonchev–Trinajstić information content (AvgIpc) is 2.81. The number of halogens is 2. The summed E-state index contributed by atoms with van der Waals surface area (Å²) in [6, 6.07) is 9.28. The van der Waals surface area contributed by atoms with E-state index in [9.17, 15) is 4.39 Å². The quantitative estimate of drug-likeness (QED) is 0.781. The number of hydrogen-bond donors (Lipinski definition) is 1. The van der Waals surface area contributed by atoms with Crippen molar-refractivity contribution in [2.75, 3.05) is 6.54 Å².